The van der Waals surface area contributed by atoms with Crippen molar-refractivity contribution in [2.45, 2.75) is 200 Å². The Morgan fingerprint density at radius 3 is 1.29 bits per heavy atom. The minimum absolute atomic E-state index is 0.0596. The van der Waals surface area contributed by atoms with Crippen LogP contribution in [0.15, 0.2) is 0 Å². The van der Waals surface area contributed by atoms with Crippen LogP contribution in [0.5, 0.6) is 0 Å². The first-order valence-electron chi connectivity index (χ1n) is 18.0. The first kappa shape index (κ1) is 39.9. The van der Waals surface area contributed by atoms with Gasteiger partial charge in [-0.2, -0.15) is 0 Å². The van der Waals surface area contributed by atoms with Crippen LogP contribution in [0.1, 0.15) is 194 Å². The molecule has 0 aliphatic carbocycles. The Morgan fingerprint density at radius 1 is 0.537 bits per heavy atom. The zero-order chi connectivity index (χ0) is 30.2. The number of carbonyl (C=O) groups excluding carboxylic acids is 2. The minimum Gasteiger partial charge on any atom is -0.462 e. The highest BCUT2D eigenvalue weighted by Crippen LogP contribution is 2.15. The number of hydrogen-bond donors (Lipinski definition) is 1. The molecule has 0 spiro atoms. The van der Waals surface area contributed by atoms with Crippen LogP contribution in [0.4, 0.5) is 0 Å². The predicted octanol–water partition coefficient (Wildman–Crippen LogP) is 10.6. The van der Waals surface area contributed by atoms with E-state index >= 15 is 0 Å². The van der Waals surface area contributed by atoms with Crippen molar-refractivity contribution in [2.75, 3.05) is 13.2 Å². The van der Waals surface area contributed by atoms with Crippen LogP contribution in [-0.2, 0) is 19.1 Å². The minimum atomic E-state index is -0.761. The highest BCUT2D eigenvalue weighted by molar-refractivity contribution is 5.70. The Balaban J connectivity index is 3.48. The van der Waals surface area contributed by atoms with Gasteiger partial charge < -0.3 is 14.6 Å². The summed E-state index contributed by atoms with van der Waals surface area (Å²) in [6, 6.07) is 0. The molecule has 1 atom stereocenters. The Morgan fingerprint density at radius 2 is 0.902 bits per heavy atom. The van der Waals surface area contributed by atoms with Crippen molar-refractivity contribution in [3.8, 4) is 0 Å². The molecule has 41 heavy (non-hydrogen) atoms. The third-order valence-corrected chi connectivity index (χ3v) is 8.08. The van der Waals surface area contributed by atoms with Crippen LogP contribution in [0, 0.1) is 5.92 Å². The molecular formula is C36H70O5. The third-order valence-electron chi connectivity index (χ3n) is 8.08. The lowest BCUT2D eigenvalue weighted by molar-refractivity contribution is -0.161. The standard InChI is InChI=1S/C36H70O5/c1-4-5-6-7-8-9-10-11-12-13-14-15-16-17-18-19-23-26-29-35(38)40-32-34(31-37)41-36(39)30-27-24-21-20-22-25-28-33(2)3/h33-34,37H,4-32H2,1-3H3/t34-/m0/s1. The summed E-state index contributed by atoms with van der Waals surface area (Å²) in [4.78, 5) is 24.1. The quantitative estimate of drug-likeness (QED) is 0.0631. The largest absolute Gasteiger partial charge is 0.462 e. The van der Waals surface area contributed by atoms with E-state index in [0.717, 1.165) is 38.0 Å². The summed E-state index contributed by atoms with van der Waals surface area (Å²) in [6.07, 6.45) is 31.8. The molecule has 0 aromatic heterocycles. The molecule has 244 valence electrons. The van der Waals surface area contributed by atoms with Crippen molar-refractivity contribution in [1.29, 1.82) is 0 Å². The molecule has 1 N–H and O–H groups in total. The van der Waals surface area contributed by atoms with E-state index in [-0.39, 0.29) is 25.2 Å². The Labute approximate surface area is 255 Å². The van der Waals surface area contributed by atoms with Gasteiger partial charge in [-0.25, -0.2) is 0 Å². The highest BCUT2D eigenvalue weighted by atomic mass is 16.6. The molecule has 0 saturated heterocycles. The van der Waals surface area contributed by atoms with Crippen LogP contribution >= 0.6 is 0 Å². The Hall–Kier alpha value is -1.10. The molecular weight excluding hydrogens is 512 g/mol. The van der Waals surface area contributed by atoms with Gasteiger partial charge in [0.15, 0.2) is 6.10 Å². The fourth-order valence-electron chi connectivity index (χ4n) is 5.33. The second kappa shape index (κ2) is 31.8. The fourth-order valence-corrected chi connectivity index (χ4v) is 5.33. The molecule has 0 rings (SSSR count). The molecule has 0 radical (unpaired) electrons. The summed E-state index contributed by atoms with van der Waals surface area (Å²) >= 11 is 0. The molecule has 0 aromatic carbocycles. The molecule has 0 heterocycles. The van der Waals surface area contributed by atoms with E-state index in [0.29, 0.717) is 12.8 Å². The van der Waals surface area contributed by atoms with Crippen molar-refractivity contribution >= 4 is 11.9 Å². The first-order chi connectivity index (χ1) is 20.0. The maximum atomic E-state index is 12.0. The normalized spacial score (nSPS) is 12.1. The molecule has 5 heteroatoms. The van der Waals surface area contributed by atoms with E-state index in [1.54, 1.807) is 0 Å². The summed E-state index contributed by atoms with van der Waals surface area (Å²) in [7, 11) is 0. The predicted molar refractivity (Wildman–Crippen MR) is 173 cm³/mol. The van der Waals surface area contributed by atoms with Gasteiger partial charge in [-0.3, -0.25) is 9.59 Å². The summed E-state index contributed by atoms with van der Waals surface area (Å²) in [5, 5.41) is 9.49. The van der Waals surface area contributed by atoms with E-state index in [9.17, 15) is 14.7 Å². The topological polar surface area (TPSA) is 72.8 Å². The van der Waals surface area contributed by atoms with Crippen LogP contribution in [0.25, 0.3) is 0 Å². The molecule has 5 nitrogen and oxygen atoms in total. The second-order valence-corrected chi connectivity index (χ2v) is 12.8. The van der Waals surface area contributed by atoms with Crippen molar-refractivity contribution in [3.05, 3.63) is 0 Å². The fraction of sp³-hybridized carbons (Fsp3) is 0.944. The zero-order valence-electron chi connectivity index (χ0n) is 27.7. The van der Waals surface area contributed by atoms with E-state index < -0.39 is 6.10 Å². The van der Waals surface area contributed by atoms with E-state index in [2.05, 4.69) is 20.8 Å². The molecule has 0 amide bonds. The third kappa shape index (κ3) is 31.7. The number of aliphatic hydroxyl groups is 1. The molecule has 0 aliphatic heterocycles. The van der Waals surface area contributed by atoms with Crippen molar-refractivity contribution in [1.82, 2.24) is 0 Å². The number of rotatable bonds is 32. The van der Waals surface area contributed by atoms with Crippen molar-refractivity contribution in [3.63, 3.8) is 0 Å². The van der Waals surface area contributed by atoms with Crippen molar-refractivity contribution in [2.24, 2.45) is 5.92 Å². The number of esters is 2. The maximum Gasteiger partial charge on any atom is 0.306 e. The molecule has 0 saturated carbocycles. The number of ether oxygens (including phenoxy) is 2. The Kier molecular flexibility index (Phi) is 31.0. The van der Waals surface area contributed by atoms with Gasteiger partial charge in [0.25, 0.3) is 0 Å². The summed E-state index contributed by atoms with van der Waals surface area (Å²) in [5.41, 5.74) is 0. The van der Waals surface area contributed by atoms with Gasteiger partial charge in [-0.05, 0) is 18.8 Å². The second-order valence-electron chi connectivity index (χ2n) is 12.8. The van der Waals surface area contributed by atoms with Crippen LogP contribution < -0.4 is 0 Å². The van der Waals surface area contributed by atoms with Gasteiger partial charge >= 0.3 is 11.9 Å². The van der Waals surface area contributed by atoms with E-state index in [1.807, 2.05) is 0 Å². The average molecular weight is 583 g/mol. The average Bonchev–Trinajstić information content (AvgIpc) is 2.95. The van der Waals surface area contributed by atoms with Crippen LogP contribution in [0.2, 0.25) is 0 Å². The van der Waals surface area contributed by atoms with Gasteiger partial charge in [0, 0.05) is 12.8 Å². The molecule has 0 bridgehead atoms. The smallest absolute Gasteiger partial charge is 0.306 e. The lowest BCUT2D eigenvalue weighted by Gasteiger charge is -2.15. The number of unbranched alkanes of at least 4 members (excludes halogenated alkanes) is 22. The maximum absolute atomic E-state index is 12.0. The number of aliphatic hydroxyl groups excluding tert-OH is 1. The van der Waals surface area contributed by atoms with Gasteiger partial charge in [-0.15, -0.1) is 0 Å². The molecule has 0 unspecified atom stereocenters. The molecule has 0 aliphatic rings. The van der Waals surface area contributed by atoms with Gasteiger partial charge in [0.2, 0.25) is 0 Å². The van der Waals surface area contributed by atoms with Crippen LogP contribution in [0.3, 0.4) is 0 Å². The van der Waals surface area contributed by atoms with Gasteiger partial charge in [0.1, 0.15) is 6.61 Å². The van der Waals surface area contributed by atoms with Crippen LogP contribution in [-0.4, -0.2) is 36.4 Å². The first-order valence-corrected chi connectivity index (χ1v) is 18.0. The zero-order valence-corrected chi connectivity index (χ0v) is 27.7. The molecule has 0 fully saturated rings. The lowest BCUT2D eigenvalue weighted by Crippen LogP contribution is -2.28. The van der Waals surface area contributed by atoms with Gasteiger partial charge in [0.05, 0.1) is 6.61 Å². The summed E-state index contributed by atoms with van der Waals surface area (Å²) in [6.45, 7) is 6.41. The SMILES string of the molecule is CCCCCCCCCCCCCCCCCCCCC(=O)OC[C@H](CO)OC(=O)CCCCCCCCC(C)C. The Bertz CT molecular complexity index is 562. The van der Waals surface area contributed by atoms with Gasteiger partial charge in [-0.1, -0.05) is 168 Å². The van der Waals surface area contributed by atoms with E-state index in [4.69, 9.17) is 9.47 Å². The summed E-state index contributed by atoms with van der Waals surface area (Å²) in [5.74, 6) is 0.189. The number of carbonyl (C=O) groups is 2. The monoisotopic (exact) mass is 583 g/mol. The summed E-state index contributed by atoms with van der Waals surface area (Å²) < 4.78 is 10.5. The number of hydrogen-bond acceptors (Lipinski definition) is 5. The lowest BCUT2D eigenvalue weighted by atomic mass is 10.0. The highest BCUT2D eigenvalue weighted by Gasteiger charge is 2.16. The van der Waals surface area contributed by atoms with Crippen molar-refractivity contribution < 1.29 is 24.2 Å². The molecule has 0 aromatic rings. The van der Waals surface area contributed by atoms with E-state index in [1.165, 1.54) is 128 Å².